The number of hydrogen-bond donors (Lipinski definition) is 3. The van der Waals surface area contributed by atoms with Crippen LogP contribution in [0.15, 0.2) is 58.4 Å². The first-order chi connectivity index (χ1) is 13.7. The molecule has 0 saturated carbocycles. The van der Waals surface area contributed by atoms with E-state index < -0.39 is 16.1 Å². The number of sulfonamides is 1. The number of aliphatic imine (C=N–C) groups is 1. The van der Waals surface area contributed by atoms with Gasteiger partial charge in [0.25, 0.3) is 10.0 Å². The molecule has 1 heterocycles. The number of amides is 2. The lowest BCUT2D eigenvalue weighted by atomic mass is 10.0. The summed E-state index contributed by atoms with van der Waals surface area (Å²) in [5, 5.41) is 5.44. The standard InChI is InChI=1S/C20H22N4O4S/c1-12(2)18(20(26)22-15-10-8-14(9-11-15)21-13(3)25)23-19-16-6-4-5-7-17(16)29(27,28)24-19/h4-12,18H,1-3H3,(H,21,25)(H,22,26)(H,23,24)/t18-/m0/s1. The Morgan fingerprint density at radius 1 is 0.966 bits per heavy atom. The van der Waals surface area contributed by atoms with Crippen molar-refractivity contribution in [1.29, 1.82) is 0 Å². The van der Waals surface area contributed by atoms with Gasteiger partial charge in [-0.15, -0.1) is 0 Å². The minimum Gasteiger partial charge on any atom is -0.326 e. The van der Waals surface area contributed by atoms with Crippen molar-refractivity contribution in [3.05, 3.63) is 54.1 Å². The summed E-state index contributed by atoms with van der Waals surface area (Å²) in [7, 11) is -3.67. The van der Waals surface area contributed by atoms with Crippen LogP contribution in [0, 0.1) is 5.92 Å². The van der Waals surface area contributed by atoms with Gasteiger partial charge in [-0.05, 0) is 42.3 Å². The van der Waals surface area contributed by atoms with Gasteiger partial charge >= 0.3 is 0 Å². The van der Waals surface area contributed by atoms with Crippen molar-refractivity contribution < 1.29 is 18.0 Å². The highest BCUT2D eigenvalue weighted by molar-refractivity contribution is 7.90. The average molecular weight is 414 g/mol. The molecule has 0 aliphatic carbocycles. The number of carbonyl (C=O) groups excluding carboxylic acids is 2. The Hall–Kier alpha value is -3.20. The lowest BCUT2D eigenvalue weighted by Crippen LogP contribution is -2.34. The monoisotopic (exact) mass is 414 g/mol. The maximum atomic E-state index is 12.8. The SMILES string of the molecule is CC(=O)Nc1ccc(NC(=O)[C@@H](N=C2NS(=O)(=O)c3ccccc32)C(C)C)cc1. The Kier molecular flexibility index (Phi) is 5.69. The number of amidine groups is 1. The van der Waals surface area contributed by atoms with Crippen molar-refractivity contribution in [3.63, 3.8) is 0 Å². The van der Waals surface area contributed by atoms with Gasteiger partial charge in [0.2, 0.25) is 11.8 Å². The molecule has 2 amide bonds. The molecule has 1 aliphatic rings. The van der Waals surface area contributed by atoms with E-state index in [-0.39, 0.29) is 28.5 Å². The second-order valence-corrected chi connectivity index (χ2v) is 8.67. The highest BCUT2D eigenvalue weighted by Crippen LogP contribution is 2.24. The Labute approximate surface area is 169 Å². The molecule has 0 saturated heterocycles. The molecule has 2 aromatic rings. The Morgan fingerprint density at radius 3 is 2.14 bits per heavy atom. The molecule has 0 fully saturated rings. The predicted octanol–water partition coefficient (Wildman–Crippen LogP) is 2.35. The molecule has 0 aromatic heterocycles. The van der Waals surface area contributed by atoms with E-state index in [1.807, 2.05) is 13.8 Å². The van der Waals surface area contributed by atoms with Crippen LogP contribution in [0.3, 0.4) is 0 Å². The summed E-state index contributed by atoms with van der Waals surface area (Å²) >= 11 is 0. The Balaban J connectivity index is 1.83. The van der Waals surface area contributed by atoms with E-state index in [2.05, 4.69) is 20.3 Å². The smallest absolute Gasteiger partial charge is 0.263 e. The van der Waals surface area contributed by atoms with Gasteiger partial charge in [-0.3, -0.25) is 19.3 Å². The van der Waals surface area contributed by atoms with Crippen LogP contribution < -0.4 is 15.4 Å². The first-order valence-electron chi connectivity index (χ1n) is 9.06. The van der Waals surface area contributed by atoms with Gasteiger partial charge < -0.3 is 10.6 Å². The molecule has 3 rings (SSSR count). The molecule has 0 radical (unpaired) electrons. The van der Waals surface area contributed by atoms with Crippen LogP contribution in [0.4, 0.5) is 11.4 Å². The van der Waals surface area contributed by atoms with E-state index in [0.29, 0.717) is 16.9 Å². The fourth-order valence-electron chi connectivity index (χ4n) is 2.94. The maximum absolute atomic E-state index is 12.8. The summed E-state index contributed by atoms with van der Waals surface area (Å²) < 4.78 is 27.0. The number of fused-ring (bicyclic) bond motifs is 1. The average Bonchev–Trinajstić information content (AvgIpc) is 2.91. The predicted molar refractivity (Wildman–Crippen MR) is 111 cm³/mol. The molecule has 2 aromatic carbocycles. The van der Waals surface area contributed by atoms with Crippen molar-refractivity contribution in [2.24, 2.45) is 10.9 Å². The van der Waals surface area contributed by atoms with Crippen molar-refractivity contribution in [3.8, 4) is 0 Å². The van der Waals surface area contributed by atoms with E-state index in [1.165, 1.54) is 13.0 Å². The molecule has 9 heteroatoms. The van der Waals surface area contributed by atoms with E-state index >= 15 is 0 Å². The topological polar surface area (TPSA) is 117 Å². The van der Waals surface area contributed by atoms with Crippen molar-refractivity contribution in [2.75, 3.05) is 10.6 Å². The Morgan fingerprint density at radius 2 is 1.55 bits per heavy atom. The number of carbonyl (C=O) groups is 2. The highest BCUT2D eigenvalue weighted by Gasteiger charge is 2.32. The summed E-state index contributed by atoms with van der Waals surface area (Å²) in [6.45, 7) is 5.09. The minimum atomic E-state index is -3.67. The van der Waals surface area contributed by atoms with Gasteiger partial charge in [0.05, 0.1) is 4.90 Å². The fourth-order valence-corrected chi connectivity index (χ4v) is 4.17. The second-order valence-electron chi connectivity index (χ2n) is 7.02. The molecule has 29 heavy (non-hydrogen) atoms. The van der Waals surface area contributed by atoms with Crippen molar-refractivity contribution >= 4 is 39.0 Å². The van der Waals surface area contributed by atoms with Crippen LogP contribution in [-0.4, -0.2) is 32.1 Å². The van der Waals surface area contributed by atoms with Crippen LogP contribution in [-0.2, 0) is 19.6 Å². The third-order valence-electron chi connectivity index (χ3n) is 4.30. The number of nitrogens with one attached hydrogen (secondary N) is 3. The van der Waals surface area contributed by atoms with E-state index in [0.717, 1.165) is 0 Å². The largest absolute Gasteiger partial charge is 0.326 e. The number of anilines is 2. The van der Waals surface area contributed by atoms with Crippen LogP contribution in [0.5, 0.6) is 0 Å². The summed E-state index contributed by atoms with van der Waals surface area (Å²) in [6.07, 6.45) is 0. The molecule has 0 unspecified atom stereocenters. The zero-order chi connectivity index (χ0) is 21.2. The van der Waals surface area contributed by atoms with Crippen LogP contribution in [0.2, 0.25) is 0 Å². The molecule has 0 bridgehead atoms. The highest BCUT2D eigenvalue weighted by atomic mass is 32.2. The first-order valence-corrected chi connectivity index (χ1v) is 10.5. The van der Waals surface area contributed by atoms with Gasteiger partial charge in [-0.1, -0.05) is 26.0 Å². The quantitative estimate of drug-likeness (QED) is 0.696. The Bertz CT molecular complexity index is 1080. The molecule has 152 valence electrons. The van der Waals surface area contributed by atoms with Crippen LogP contribution >= 0.6 is 0 Å². The van der Waals surface area contributed by atoms with Gasteiger partial charge in [0, 0.05) is 23.9 Å². The lowest BCUT2D eigenvalue weighted by molar-refractivity contribution is -0.118. The number of hydrogen-bond acceptors (Lipinski definition) is 5. The van der Waals surface area contributed by atoms with Crippen LogP contribution in [0.1, 0.15) is 26.3 Å². The van der Waals surface area contributed by atoms with Crippen molar-refractivity contribution in [2.45, 2.75) is 31.7 Å². The van der Waals surface area contributed by atoms with Gasteiger partial charge in [0.15, 0.2) is 0 Å². The maximum Gasteiger partial charge on any atom is 0.263 e. The number of nitrogens with zero attached hydrogens (tertiary/aromatic N) is 1. The third kappa shape index (κ3) is 4.62. The van der Waals surface area contributed by atoms with Gasteiger partial charge in [-0.25, -0.2) is 8.42 Å². The third-order valence-corrected chi connectivity index (χ3v) is 5.70. The fraction of sp³-hybridized carbons (Fsp3) is 0.250. The summed E-state index contributed by atoms with van der Waals surface area (Å²) in [5.74, 6) is -0.547. The minimum absolute atomic E-state index is 0.148. The summed E-state index contributed by atoms with van der Waals surface area (Å²) in [6, 6.07) is 12.4. The van der Waals surface area contributed by atoms with E-state index in [4.69, 9.17) is 0 Å². The zero-order valence-corrected chi connectivity index (χ0v) is 17.1. The molecule has 1 atom stereocenters. The van der Waals surface area contributed by atoms with Crippen molar-refractivity contribution in [1.82, 2.24) is 4.72 Å². The molecule has 1 aliphatic heterocycles. The van der Waals surface area contributed by atoms with E-state index in [1.54, 1.807) is 42.5 Å². The number of benzene rings is 2. The molecular formula is C20H22N4O4S. The van der Waals surface area contributed by atoms with Gasteiger partial charge in [0.1, 0.15) is 11.9 Å². The van der Waals surface area contributed by atoms with E-state index in [9.17, 15) is 18.0 Å². The number of rotatable bonds is 5. The molecule has 3 N–H and O–H groups in total. The summed E-state index contributed by atoms with van der Waals surface area (Å²) in [4.78, 5) is 28.5. The molecule has 0 spiro atoms. The zero-order valence-electron chi connectivity index (χ0n) is 16.3. The normalized spacial score (nSPS) is 16.8. The second kappa shape index (κ2) is 8.04. The van der Waals surface area contributed by atoms with Gasteiger partial charge in [-0.2, -0.15) is 0 Å². The lowest BCUT2D eigenvalue weighted by Gasteiger charge is -2.17. The molecular weight excluding hydrogens is 392 g/mol. The van der Waals surface area contributed by atoms with Crippen LogP contribution in [0.25, 0.3) is 0 Å². The molecule has 8 nitrogen and oxygen atoms in total. The first kappa shape index (κ1) is 20.5. The summed E-state index contributed by atoms with van der Waals surface area (Å²) in [5.41, 5.74) is 1.61.